The second kappa shape index (κ2) is 24.7. The fourth-order valence-electron chi connectivity index (χ4n) is 9.32. The van der Waals surface area contributed by atoms with Crippen molar-refractivity contribution < 1.29 is 67.8 Å². The number of allylic oxidation sites excluding steroid dienone is 3. The summed E-state index contributed by atoms with van der Waals surface area (Å²) in [5.41, 5.74) is 3.29. The Morgan fingerprint density at radius 3 is 2.51 bits per heavy atom. The molecule has 4 bridgehead atoms. The predicted molar refractivity (Wildman–Crippen MR) is 274 cm³/mol. The van der Waals surface area contributed by atoms with Gasteiger partial charge in [0.25, 0.3) is 11.8 Å². The van der Waals surface area contributed by atoms with E-state index in [0.717, 1.165) is 39.8 Å². The number of ether oxygens (including phenoxy) is 5. The number of epoxide rings is 1. The zero-order valence-corrected chi connectivity index (χ0v) is 44.7. The number of rotatable bonds is 17. The maximum atomic E-state index is 14.4. The van der Waals surface area contributed by atoms with E-state index in [4.69, 9.17) is 35.3 Å². The van der Waals surface area contributed by atoms with Crippen LogP contribution in [0, 0.1) is 5.92 Å². The molecular weight excluding hydrogens is 998 g/mol. The van der Waals surface area contributed by atoms with Crippen LogP contribution in [0.5, 0.6) is 5.75 Å². The largest absolute Gasteiger partial charge is 0.495 e. The van der Waals surface area contributed by atoms with E-state index in [9.17, 15) is 44.1 Å². The Hall–Kier alpha value is -6.18. The lowest BCUT2D eigenvalue weighted by Gasteiger charge is -2.42. The third-order valence-corrected chi connectivity index (χ3v) is 14.5. The van der Waals surface area contributed by atoms with Crippen molar-refractivity contribution in [3.05, 3.63) is 76.6 Å². The topological polar surface area (TPSA) is 288 Å². The Morgan fingerprint density at radius 2 is 1.81 bits per heavy atom. The smallest absolute Gasteiger partial charge is 0.409 e. The maximum absolute atomic E-state index is 14.4. The van der Waals surface area contributed by atoms with Gasteiger partial charge in [0.1, 0.15) is 46.4 Å². The van der Waals surface area contributed by atoms with Gasteiger partial charge in [0, 0.05) is 83.9 Å². The normalized spacial score (nSPS) is 26.4. The predicted octanol–water partition coefficient (Wildman–Crippen LogP) is 1.47. The fourth-order valence-corrected chi connectivity index (χ4v) is 9.63. The number of aliphatic hydroxyl groups excluding tert-OH is 2. The first-order chi connectivity index (χ1) is 35.5. The number of aliphatic hydroxyl groups is 3. The molecule has 410 valence electrons. The van der Waals surface area contributed by atoms with Crippen LogP contribution in [0.1, 0.15) is 58.2 Å². The van der Waals surface area contributed by atoms with Crippen molar-refractivity contribution in [1.82, 2.24) is 40.8 Å². The summed E-state index contributed by atoms with van der Waals surface area (Å²) >= 11 is 6.79. The van der Waals surface area contributed by atoms with Crippen molar-refractivity contribution in [2.75, 3.05) is 60.4 Å². The van der Waals surface area contributed by atoms with Crippen LogP contribution in [-0.2, 0) is 62.4 Å². The van der Waals surface area contributed by atoms with Gasteiger partial charge in [0.05, 0.1) is 31.9 Å². The highest BCUT2D eigenvalue weighted by molar-refractivity contribution is 6.35. The molecular formula is C51H70ClN9O14. The summed E-state index contributed by atoms with van der Waals surface area (Å²) in [5, 5.41) is 44.0. The Morgan fingerprint density at radius 1 is 1.09 bits per heavy atom. The minimum absolute atomic E-state index is 0.0338. The van der Waals surface area contributed by atoms with E-state index >= 15 is 0 Å². The zero-order valence-electron chi connectivity index (χ0n) is 43.9. The number of hydrogen-bond acceptors (Lipinski definition) is 17. The Balaban J connectivity index is 1.12. The summed E-state index contributed by atoms with van der Waals surface area (Å²) in [6, 6.07) is 7.78. The van der Waals surface area contributed by atoms with Gasteiger partial charge >= 0.3 is 12.1 Å². The highest BCUT2D eigenvalue weighted by Gasteiger charge is 2.64. The van der Waals surface area contributed by atoms with Gasteiger partial charge in [-0.25, -0.2) is 19.6 Å². The number of carbonyl (C=O) groups is 6. The van der Waals surface area contributed by atoms with E-state index in [-0.39, 0.29) is 36.9 Å². The molecule has 0 radical (unpaired) electrons. The van der Waals surface area contributed by atoms with Crippen molar-refractivity contribution in [2.24, 2.45) is 5.92 Å². The van der Waals surface area contributed by atoms with Crippen LogP contribution in [0.15, 0.2) is 60.3 Å². The fraction of sp³-hybridized carbons (Fsp3) is 0.549. The molecule has 1 aromatic carbocycles. The van der Waals surface area contributed by atoms with E-state index in [2.05, 4.69) is 26.4 Å². The van der Waals surface area contributed by atoms with Crippen LogP contribution < -0.4 is 31.0 Å². The number of nitrogens with zero attached hydrogens (tertiary/aromatic N) is 5. The summed E-state index contributed by atoms with van der Waals surface area (Å²) in [7, 11) is 9.17. The summed E-state index contributed by atoms with van der Waals surface area (Å²) in [5.74, 6) is -4.63. The highest BCUT2D eigenvalue weighted by atomic mass is 35.5. The van der Waals surface area contributed by atoms with Gasteiger partial charge in [-0.15, -0.1) is 0 Å². The Bertz CT molecular complexity index is 2670. The number of halogens is 1. The number of amides is 5. The van der Waals surface area contributed by atoms with Crippen molar-refractivity contribution >= 4 is 64.0 Å². The molecule has 24 heteroatoms. The highest BCUT2D eigenvalue weighted by Crippen LogP contribution is 2.49. The molecule has 0 aliphatic carbocycles. The number of fused-ring (bicyclic) bond motifs is 6. The van der Waals surface area contributed by atoms with Crippen LogP contribution in [0.2, 0.25) is 5.02 Å². The van der Waals surface area contributed by atoms with Gasteiger partial charge in [-0.1, -0.05) is 42.3 Å². The second-order valence-corrected chi connectivity index (χ2v) is 19.8. The van der Waals surface area contributed by atoms with Gasteiger partial charge in [-0.05, 0) is 70.1 Å². The molecule has 23 nitrogen and oxygen atoms in total. The molecule has 2 saturated heterocycles. The van der Waals surface area contributed by atoms with E-state index in [1.165, 1.54) is 33.1 Å². The number of esters is 1. The minimum atomic E-state index is -2.33. The van der Waals surface area contributed by atoms with Crippen molar-refractivity contribution in [1.29, 1.82) is 0 Å². The Labute approximate surface area is 440 Å². The van der Waals surface area contributed by atoms with Crippen molar-refractivity contribution in [3.8, 4) is 5.75 Å². The molecule has 5 amide bonds. The van der Waals surface area contributed by atoms with Crippen LogP contribution in [0.25, 0.3) is 11.0 Å². The molecule has 6 rings (SSSR count). The van der Waals surface area contributed by atoms with Crippen LogP contribution in [-0.4, -0.2) is 180 Å². The SMILES string of the molecule is CNN(C)Cc1cc2cccnc2n1CCC(=O)NCCNC(=O)[C@H](O)[C@H](O)C(=O)N(C)[C@@H](C)C(=O)O[C@H]1CC(=O)N(C)c2cc(cc(OC)c2Cl)C/C(C)=C/C=C/[C@@H](OC)[C@@]2(O)C[C@H](OC(=O)N2)[C@@H](C)[C@@H]2O[C@@]12C. The van der Waals surface area contributed by atoms with E-state index in [1.807, 2.05) is 47.8 Å². The third kappa shape index (κ3) is 13.4. The first-order valence-electron chi connectivity index (χ1n) is 24.5. The number of pyridine rings is 1. The van der Waals surface area contributed by atoms with E-state index in [0.29, 0.717) is 30.9 Å². The standard InChI is InChI=1S/C51H70ClN9O14/c1-28-13-11-15-37(72-10)51(70)26-36(73-49(69)57-51)29(2)44-50(4,75-44)38(25-40(63)60(8)34-22-31(21-28)23-35(71-9)41(34)52)74-48(68)30(3)59(7)47(67)43(65)42(64)46(66)56-19-18-54-39(62)16-20-61-33(27-58(6)53-5)24-32-14-12-17-55-45(32)61/h11-15,17,22-24,29-30,36-38,42-44,53,64-65,70H,16,18-21,25-27H2,1-10H3,(H,54,62)(H,56,66)(H,57,69)/b15-11+,28-13+/t29-,30+,36+,37-,38+,42-,43+,44+,50+,51+/m1/s1. The first kappa shape index (κ1) is 58.1. The number of hydrogen-bond donors (Lipinski definition) is 7. The number of hydrazine groups is 1. The molecule has 5 heterocycles. The van der Waals surface area contributed by atoms with E-state index < -0.39 is 96.1 Å². The number of anilines is 1. The summed E-state index contributed by atoms with van der Waals surface area (Å²) < 4.78 is 31.2. The molecule has 10 atom stereocenters. The number of nitrogens with one attached hydrogen (secondary N) is 4. The lowest BCUT2D eigenvalue weighted by atomic mass is 9.83. The summed E-state index contributed by atoms with van der Waals surface area (Å²) in [6.45, 7) is 7.19. The lowest BCUT2D eigenvalue weighted by molar-refractivity contribution is -0.166. The lowest BCUT2D eigenvalue weighted by Crippen LogP contribution is -2.63. The molecule has 3 aliphatic heterocycles. The quantitative estimate of drug-likeness (QED) is 0.0436. The molecule has 0 spiro atoms. The van der Waals surface area contributed by atoms with Gasteiger partial charge in [0.15, 0.2) is 17.9 Å². The van der Waals surface area contributed by atoms with Gasteiger partial charge < -0.3 is 64.0 Å². The number of benzene rings is 1. The minimum Gasteiger partial charge on any atom is -0.495 e. The average molecular weight is 1070 g/mol. The third-order valence-electron chi connectivity index (χ3n) is 14.1. The number of aromatic nitrogens is 2. The van der Waals surface area contributed by atoms with Crippen LogP contribution in [0.4, 0.5) is 10.5 Å². The molecule has 75 heavy (non-hydrogen) atoms. The number of likely N-dealkylation sites (N-methyl/N-ethyl adjacent to an activating group) is 1. The molecule has 3 aromatic rings. The second-order valence-electron chi connectivity index (χ2n) is 19.4. The average Bonchev–Trinajstić information content (AvgIpc) is 3.96. The molecule has 2 fully saturated rings. The van der Waals surface area contributed by atoms with E-state index in [1.54, 1.807) is 51.4 Å². The van der Waals surface area contributed by atoms with Gasteiger partial charge in [-0.2, -0.15) is 0 Å². The molecule has 2 aromatic heterocycles. The monoisotopic (exact) mass is 1070 g/mol. The number of carbonyl (C=O) groups excluding carboxylic acids is 6. The van der Waals surface area contributed by atoms with Gasteiger partial charge in [-0.3, -0.25) is 29.9 Å². The molecule has 0 unspecified atom stereocenters. The number of methoxy groups -OCH3 is 2. The molecule has 7 N–H and O–H groups in total. The molecule has 0 saturated carbocycles. The van der Waals surface area contributed by atoms with Gasteiger partial charge in [0.2, 0.25) is 11.8 Å². The van der Waals surface area contributed by atoms with Crippen molar-refractivity contribution in [3.63, 3.8) is 0 Å². The summed E-state index contributed by atoms with van der Waals surface area (Å²) in [6.07, 6.45) is -3.04. The van der Waals surface area contributed by atoms with Crippen LogP contribution in [0.3, 0.4) is 0 Å². The van der Waals surface area contributed by atoms with Crippen LogP contribution >= 0.6 is 11.6 Å². The summed E-state index contributed by atoms with van der Waals surface area (Å²) in [4.78, 5) is 87.4. The Kier molecular flexibility index (Phi) is 19.1. The molecule has 3 aliphatic rings. The number of aryl methyl sites for hydroxylation is 1. The maximum Gasteiger partial charge on any atom is 0.409 e. The van der Waals surface area contributed by atoms with Crippen molar-refractivity contribution in [2.45, 2.75) is 120 Å². The number of alkyl carbamates (subject to hydrolysis) is 1. The first-order valence-corrected chi connectivity index (χ1v) is 24.9. The zero-order chi connectivity index (χ0) is 55.1.